The van der Waals surface area contributed by atoms with Gasteiger partial charge in [0.1, 0.15) is 5.69 Å². The standard InChI is InChI=1S/C18H17FN2O4/c1-3-24-17(22)12-5-8-14(9-6-12)20-21-16-10-7-13(11-15(16)19)18(23)25-4-2/h5-11H,3-4H2,1-2H3/b21-20+. The van der Waals surface area contributed by atoms with Crippen molar-refractivity contribution in [2.24, 2.45) is 10.2 Å². The van der Waals surface area contributed by atoms with Gasteiger partial charge in [-0.1, -0.05) is 0 Å². The Morgan fingerprint density at radius 2 is 1.44 bits per heavy atom. The van der Waals surface area contributed by atoms with Gasteiger partial charge in [0.25, 0.3) is 0 Å². The van der Waals surface area contributed by atoms with Gasteiger partial charge in [0.15, 0.2) is 5.82 Å². The summed E-state index contributed by atoms with van der Waals surface area (Å²) in [4.78, 5) is 23.1. The molecule has 6 nitrogen and oxygen atoms in total. The molecule has 0 bridgehead atoms. The van der Waals surface area contributed by atoms with Crippen molar-refractivity contribution in [2.45, 2.75) is 13.8 Å². The molecule has 7 heteroatoms. The van der Waals surface area contributed by atoms with E-state index in [-0.39, 0.29) is 17.9 Å². The summed E-state index contributed by atoms with van der Waals surface area (Å²) in [6.07, 6.45) is 0. The molecule has 0 aliphatic carbocycles. The summed E-state index contributed by atoms with van der Waals surface area (Å²) in [6.45, 7) is 3.90. The van der Waals surface area contributed by atoms with Crippen LogP contribution in [0.5, 0.6) is 0 Å². The molecule has 0 saturated carbocycles. The lowest BCUT2D eigenvalue weighted by atomic mass is 10.2. The van der Waals surface area contributed by atoms with E-state index in [4.69, 9.17) is 9.47 Å². The van der Waals surface area contributed by atoms with E-state index in [0.717, 1.165) is 6.07 Å². The minimum absolute atomic E-state index is 0.0116. The highest BCUT2D eigenvalue weighted by molar-refractivity contribution is 5.90. The first-order valence-electron chi connectivity index (χ1n) is 7.70. The zero-order chi connectivity index (χ0) is 18.2. The second kappa shape index (κ2) is 8.68. The second-order valence-corrected chi connectivity index (χ2v) is 4.85. The molecule has 2 aromatic rings. The van der Waals surface area contributed by atoms with Crippen LogP contribution in [-0.2, 0) is 9.47 Å². The third-order valence-corrected chi connectivity index (χ3v) is 3.11. The Bertz CT molecular complexity index is 788. The SMILES string of the molecule is CCOC(=O)c1ccc(/N=N/c2ccc(C(=O)OCC)cc2F)cc1. The Kier molecular flexibility index (Phi) is 6.33. The van der Waals surface area contributed by atoms with E-state index in [0.29, 0.717) is 17.9 Å². The van der Waals surface area contributed by atoms with Gasteiger partial charge in [-0.2, -0.15) is 5.11 Å². The molecule has 0 aromatic heterocycles. The number of ether oxygens (including phenoxy) is 2. The van der Waals surface area contributed by atoms with E-state index >= 15 is 0 Å². The van der Waals surface area contributed by atoms with Crippen LogP contribution < -0.4 is 0 Å². The van der Waals surface area contributed by atoms with E-state index in [1.807, 2.05) is 0 Å². The van der Waals surface area contributed by atoms with Crippen molar-refractivity contribution in [3.63, 3.8) is 0 Å². The predicted octanol–water partition coefficient (Wildman–Crippen LogP) is 4.59. The number of carbonyl (C=O) groups excluding carboxylic acids is 2. The van der Waals surface area contributed by atoms with Gasteiger partial charge in [-0.25, -0.2) is 14.0 Å². The van der Waals surface area contributed by atoms with E-state index < -0.39 is 17.8 Å². The number of benzene rings is 2. The fourth-order valence-corrected chi connectivity index (χ4v) is 1.92. The monoisotopic (exact) mass is 344 g/mol. The maximum atomic E-state index is 14.0. The van der Waals surface area contributed by atoms with Crippen LogP contribution in [0, 0.1) is 5.82 Å². The number of carbonyl (C=O) groups is 2. The van der Waals surface area contributed by atoms with E-state index in [1.165, 1.54) is 12.1 Å². The zero-order valence-electron chi connectivity index (χ0n) is 13.9. The maximum absolute atomic E-state index is 14.0. The number of azo groups is 1. The first kappa shape index (κ1) is 18.3. The molecule has 0 spiro atoms. The third kappa shape index (κ3) is 4.94. The summed E-state index contributed by atoms with van der Waals surface area (Å²) in [6, 6.07) is 10.0. The summed E-state index contributed by atoms with van der Waals surface area (Å²) in [5, 5.41) is 7.73. The molecular formula is C18H17FN2O4. The molecule has 2 rings (SSSR count). The Morgan fingerprint density at radius 3 is 2.00 bits per heavy atom. The Hall–Kier alpha value is -3.09. The van der Waals surface area contributed by atoms with Gasteiger partial charge >= 0.3 is 11.9 Å². The third-order valence-electron chi connectivity index (χ3n) is 3.11. The number of nitrogens with zero attached hydrogens (tertiary/aromatic N) is 2. The molecule has 0 saturated heterocycles. The molecule has 0 N–H and O–H groups in total. The molecule has 0 aliphatic rings. The second-order valence-electron chi connectivity index (χ2n) is 4.85. The number of rotatable bonds is 6. The molecular weight excluding hydrogens is 327 g/mol. The first-order chi connectivity index (χ1) is 12.0. The average molecular weight is 344 g/mol. The quantitative estimate of drug-likeness (QED) is 0.567. The van der Waals surface area contributed by atoms with Crippen molar-refractivity contribution in [3.05, 3.63) is 59.4 Å². The molecule has 0 heterocycles. The van der Waals surface area contributed by atoms with Crippen molar-refractivity contribution in [2.75, 3.05) is 13.2 Å². The van der Waals surface area contributed by atoms with Crippen LogP contribution in [0.15, 0.2) is 52.7 Å². The van der Waals surface area contributed by atoms with Crippen LogP contribution in [0.2, 0.25) is 0 Å². The van der Waals surface area contributed by atoms with Crippen LogP contribution >= 0.6 is 0 Å². The van der Waals surface area contributed by atoms with Crippen molar-refractivity contribution < 1.29 is 23.5 Å². The van der Waals surface area contributed by atoms with Crippen LogP contribution in [0.25, 0.3) is 0 Å². The average Bonchev–Trinajstić information content (AvgIpc) is 2.61. The lowest BCUT2D eigenvalue weighted by molar-refractivity contribution is 0.0516. The molecule has 0 amide bonds. The van der Waals surface area contributed by atoms with Crippen LogP contribution in [0.3, 0.4) is 0 Å². The lowest BCUT2D eigenvalue weighted by Gasteiger charge is -2.03. The summed E-state index contributed by atoms with van der Waals surface area (Å²) < 4.78 is 23.7. The fourth-order valence-electron chi connectivity index (χ4n) is 1.92. The van der Waals surface area contributed by atoms with Crippen molar-refractivity contribution in [3.8, 4) is 0 Å². The summed E-state index contributed by atoms with van der Waals surface area (Å²) in [5.74, 6) is -1.71. The molecule has 0 fully saturated rings. The number of hydrogen-bond acceptors (Lipinski definition) is 6. The molecule has 0 unspecified atom stereocenters. The lowest BCUT2D eigenvalue weighted by Crippen LogP contribution is -2.04. The van der Waals surface area contributed by atoms with Gasteiger partial charge in [0, 0.05) is 0 Å². The number of halogens is 1. The van der Waals surface area contributed by atoms with E-state index in [9.17, 15) is 14.0 Å². The smallest absolute Gasteiger partial charge is 0.338 e. The van der Waals surface area contributed by atoms with Gasteiger partial charge in [-0.3, -0.25) is 0 Å². The number of esters is 2. The first-order valence-corrected chi connectivity index (χ1v) is 7.70. The normalized spacial score (nSPS) is 10.7. The molecule has 25 heavy (non-hydrogen) atoms. The Balaban J connectivity index is 2.11. The highest BCUT2D eigenvalue weighted by Gasteiger charge is 2.10. The molecule has 0 radical (unpaired) electrons. The Morgan fingerprint density at radius 1 is 0.880 bits per heavy atom. The molecule has 130 valence electrons. The van der Waals surface area contributed by atoms with Crippen LogP contribution in [0.4, 0.5) is 15.8 Å². The van der Waals surface area contributed by atoms with Gasteiger partial charge < -0.3 is 9.47 Å². The van der Waals surface area contributed by atoms with Crippen LogP contribution in [0.1, 0.15) is 34.6 Å². The molecule has 0 aliphatic heterocycles. The highest BCUT2D eigenvalue weighted by Crippen LogP contribution is 2.23. The Labute approximate surface area is 144 Å². The summed E-state index contributed by atoms with van der Waals surface area (Å²) >= 11 is 0. The summed E-state index contributed by atoms with van der Waals surface area (Å²) in [7, 11) is 0. The van der Waals surface area contributed by atoms with Crippen molar-refractivity contribution >= 4 is 23.3 Å². The molecule has 0 atom stereocenters. The van der Waals surface area contributed by atoms with Gasteiger partial charge in [-0.15, -0.1) is 5.11 Å². The number of hydrogen-bond donors (Lipinski definition) is 0. The van der Waals surface area contributed by atoms with E-state index in [1.54, 1.807) is 38.1 Å². The van der Waals surface area contributed by atoms with Gasteiger partial charge in [-0.05, 0) is 56.3 Å². The minimum atomic E-state index is -0.683. The van der Waals surface area contributed by atoms with Gasteiger partial charge in [0.05, 0.1) is 30.0 Å². The van der Waals surface area contributed by atoms with Gasteiger partial charge in [0.2, 0.25) is 0 Å². The zero-order valence-corrected chi connectivity index (χ0v) is 13.9. The maximum Gasteiger partial charge on any atom is 0.338 e. The highest BCUT2D eigenvalue weighted by atomic mass is 19.1. The van der Waals surface area contributed by atoms with Crippen molar-refractivity contribution in [1.29, 1.82) is 0 Å². The molecule has 2 aromatic carbocycles. The largest absolute Gasteiger partial charge is 0.462 e. The topological polar surface area (TPSA) is 77.3 Å². The minimum Gasteiger partial charge on any atom is -0.462 e. The van der Waals surface area contributed by atoms with Crippen LogP contribution in [-0.4, -0.2) is 25.2 Å². The fraction of sp³-hybridized carbons (Fsp3) is 0.222. The summed E-state index contributed by atoms with van der Waals surface area (Å²) in [5.41, 5.74) is 0.937. The van der Waals surface area contributed by atoms with Crippen molar-refractivity contribution in [1.82, 2.24) is 0 Å². The van der Waals surface area contributed by atoms with E-state index in [2.05, 4.69) is 10.2 Å². The predicted molar refractivity (Wildman–Crippen MR) is 88.9 cm³/mol.